The lowest BCUT2D eigenvalue weighted by Gasteiger charge is -2.20. The van der Waals surface area contributed by atoms with Gasteiger partial charge in [0, 0.05) is 17.0 Å². The van der Waals surface area contributed by atoms with Crippen molar-refractivity contribution in [1.29, 1.82) is 0 Å². The molecule has 17 heavy (non-hydrogen) atoms. The van der Waals surface area contributed by atoms with Gasteiger partial charge in [-0.05, 0) is 31.4 Å². The normalized spacial score (nSPS) is 21.6. The van der Waals surface area contributed by atoms with Crippen LogP contribution in [0.15, 0.2) is 6.07 Å². The summed E-state index contributed by atoms with van der Waals surface area (Å²) in [5, 5.41) is 3.03. The number of hydrogen-bond donors (Lipinski definition) is 1. The van der Waals surface area contributed by atoms with Crippen molar-refractivity contribution in [3.8, 4) is 0 Å². The van der Waals surface area contributed by atoms with E-state index in [4.69, 9.17) is 11.6 Å². The molecule has 0 saturated heterocycles. The molecule has 1 aromatic rings. The molecule has 2 atom stereocenters. The van der Waals surface area contributed by atoms with Crippen LogP contribution in [0.5, 0.6) is 0 Å². The number of alkyl halides is 3. The molecule has 96 valence electrons. The van der Waals surface area contributed by atoms with Crippen molar-refractivity contribution in [2.24, 2.45) is 0 Å². The standard InChI is InChI=1S/C11H13ClF3NS/c1-6(5-11(13,14)15)16-8-2-3-9-7(8)4-10(12)17-9/h4,6,8,16H,2-3,5H2,1H3. The van der Waals surface area contributed by atoms with E-state index in [1.54, 1.807) is 6.92 Å². The Morgan fingerprint density at radius 3 is 2.94 bits per heavy atom. The number of rotatable bonds is 3. The maximum absolute atomic E-state index is 12.2. The Balaban J connectivity index is 1.97. The first kappa shape index (κ1) is 13.2. The van der Waals surface area contributed by atoms with Crippen LogP contribution in [-0.4, -0.2) is 12.2 Å². The van der Waals surface area contributed by atoms with E-state index in [-0.39, 0.29) is 6.04 Å². The summed E-state index contributed by atoms with van der Waals surface area (Å²) in [4.78, 5) is 1.20. The third-order valence-electron chi connectivity index (χ3n) is 2.87. The van der Waals surface area contributed by atoms with Gasteiger partial charge in [-0.2, -0.15) is 13.2 Å². The van der Waals surface area contributed by atoms with Crippen LogP contribution in [-0.2, 0) is 6.42 Å². The summed E-state index contributed by atoms with van der Waals surface area (Å²) >= 11 is 7.42. The third kappa shape index (κ3) is 3.36. The Morgan fingerprint density at radius 2 is 2.29 bits per heavy atom. The van der Waals surface area contributed by atoms with Gasteiger partial charge >= 0.3 is 6.18 Å². The minimum Gasteiger partial charge on any atom is -0.307 e. The van der Waals surface area contributed by atoms with Gasteiger partial charge in [-0.25, -0.2) is 0 Å². The summed E-state index contributed by atoms with van der Waals surface area (Å²) in [6.07, 6.45) is -3.14. The topological polar surface area (TPSA) is 12.0 Å². The highest BCUT2D eigenvalue weighted by molar-refractivity contribution is 7.16. The van der Waals surface area contributed by atoms with Gasteiger partial charge in [0.05, 0.1) is 10.8 Å². The molecule has 1 nitrogen and oxygen atoms in total. The molecule has 0 fully saturated rings. The third-order valence-corrected chi connectivity index (χ3v) is 4.21. The zero-order valence-electron chi connectivity index (χ0n) is 9.27. The number of halogens is 4. The van der Waals surface area contributed by atoms with Crippen molar-refractivity contribution in [2.75, 3.05) is 0 Å². The average Bonchev–Trinajstić information content (AvgIpc) is 2.63. The quantitative estimate of drug-likeness (QED) is 0.871. The predicted octanol–water partition coefficient (Wildman–Crippen LogP) is 4.32. The summed E-state index contributed by atoms with van der Waals surface area (Å²) in [5.74, 6) is 0. The van der Waals surface area contributed by atoms with Crippen LogP contribution in [0, 0.1) is 0 Å². The van der Waals surface area contributed by atoms with Crippen LogP contribution in [0.4, 0.5) is 13.2 Å². The van der Waals surface area contributed by atoms with Crippen molar-refractivity contribution in [3.63, 3.8) is 0 Å². The van der Waals surface area contributed by atoms with Crippen molar-refractivity contribution in [1.82, 2.24) is 5.32 Å². The van der Waals surface area contributed by atoms with Crippen LogP contribution in [0.25, 0.3) is 0 Å². The summed E-state index contributed by atoms with van der Waals surface area (Å²) in [5.41, 5.74) is 1.08. The van der Waals surface area contributed by atoms with E-state index in [0.717, 1.165) is 18.4 Å². The Kier molecular flexibility index (Phi) is 3.71. The number of hydrogen-bond acceptors (Lipinski definition) is 2. The smallest absolute Gasteiger partial charge is 0.307 e. The van der Waals surface area contributed by atoms with E-state index in [0.29, 0.717) is 4.34 Å². The molecule has 0 bridgehead atoms. The molecule has 6 heteroatoms. The largest absolute Gasteiger partial charge is 0.390 e. The molecule has 1 heterocycles. The van der Waals surface area contributed by atoms with Crippen LogP contribution in [0.3, 0.4) is 0 Å². The zero-order chi connectivity index (χ0) is 12.6. The second-order valence-corrected chi connectivity index (χ2v) is 6.18. The van der Waals surface area contributed by atoms with E-state index in [1.807, 2.05) is 6.07 Å². The maximum atomic E-state index is 12.2. The van der Waals surface area contributed by atoms with Gasteiger partial charge in [-0.1, -0.05) is 11.6 Å². The highest BCUT2D eigenvalue weighted by Gasteiger charge is 2.32. The van der Waals surface area contributed by atoms with Gasteiger partial charge in [0.15, 0.2) is 0 Å². The highest BCUT2D eigenvalue weighted by Crippen LogP contribution is 2.39. The molecule has 1 N–H and O–H groups in total. The Bertz CT molecular complexity index is 402. The van der Waals surface area contributed by atoms with Crippen LogP contribution < -0.4 is 5.32 Å². The molecule has 1 aliphatic carbocycles. The fraction of sp³-hybridized carbons (Fsp3) is 0.636. The molecule has 0 spiro atoms. The lowest BCUT2D eigenvalue weighted by molar-refractivity contribution is -0.139. The van der Waals surface area contributed by atoms with Gasteiger partial charge in [-0.15, -0.1) is 11.3 Å². The van der Waals surface area contributed by atoms with Gasteiger partial charge in [0.1, 0.15) is 0 Å². The minimum absolute atomic E-state index is 0.0195. The van der Waals surface area contributed by atoms with E-state index < -0.39 is 18.6 Å². The van der Waals surface area contributed by atoms with Gasteiger partial charge < -0.3 is 5.32 Å². The summed E-state index contributed by atoms with van der Waals surface area (Å²) in [7, 11) is 0. The number of fused-ring (bicyclic) bond motifs is 1. The van der Waals surface area contributed by atoms with Crippen molar-refractivity contribution >= 4 is 22.9 Å². The van der Waals surface area contributed by atoms with Gasteiger partial charge in [0.2, 0.25) is 0 Å². The van der Waals surface area contributed by atoms with Gasteiger partial charge in [0.25, 0.3) is 0 Å². The summed E-state index contributed by atoms with van der Waals surface area (Å²) < 4.78 is 37.4. The molecular weight excluding hydrogens is 271 g/mol. The Hall–Kier alpha value is -0.260. The molecule has 1 aromatic heterocycles. The predicted molar refractivity (Wildman–Crippen MR) is 63.7 cm³/mol. The minimum atomic E-state index is -4.11. The Labute approximate surface area is 107 Å². The SMILES string of the molecule is CC(CC(F)(F)F)NC1CCc2sc(Cl)cc21. The second kappa shape index (κ2) is 4.78. The van der Waals surface area contributed by atoms with Crippen molar-refractivity contribution in [3.05, 3.63) is 20.8 Å². The molecular formula is C11H13ClF3NS. The fourth-order valence-electron chi connectivity index (χ4n) is 2.25. The van der Waals surface area contributed by atoms with E-state index in [9.17, 15) is 13.2 Å². The molecule has 0 saturated carbocycles. The average molecular weight is 284 g/mol. The number of aryl methyl sites for hydroxylation is 1. The Morgan fingerprint density at radius 1 is 1.59 bits per heavy atom. The van der Waals surface area contributed by atoms with Crippen LogP contribution in [0.1, 0.15) is 36.2 Å². The lowest BCUT2D eigenvalue weighted by Crippen LogP contribution is -2.33. The van der Waals surface area contributed by atoms with Crippen LogP contribution in [0.2, 0.25) is 4.34 Å². The number of nitrogens with one attached hydrogen (secondary N) is 1. The molecule has 1 aliphatic rings. The molecule has 0 aliphatic heterocycles. The monoisotopic (exact) mass is 283 g/mol. The summed E-state index contributed by atoms with van der Waals surface area (Å²) in [6.45, 7) is 1.57. The molecule has 0 aromatic carbocycles. The maximum Gasteiger partial charge on any atom is 0.390 e. The van der Waals surface area contributed by atoms with Crippen molar-refractivity contribution < 1.29 is 13.2 Å². The van der Waals surface area contributed by atoms with E-state index >= 15 is 0 Å². The molecule has 0 amide bonds. The van der Waals surface area contributed by atoms with Crippen molar-refractivity contribution in [2.45, 2.75) is 44.4 Å². The molecule has 2 rings (SSSR count). The first-order chi connectivity index (χ1) is 7.85. The second-order valence-electron chi connectivity index (χ2n) is 4.41. The first-order valence-electron chi connectivity index (χ1n) is 5.46. The summed E-state index contributed by atoms with van der Waals surface area (Å²) in [6, 6.07) is 1.32. The van der Waals surface area contributed by atoms with Gasteiger partial charge in [-0.3, -0.25) is 0 Å². The fourth-order valence-corrected chi connectivity index (χ4v) is 3.61. The zero-order valence-corrected chi connectivity index (χ0v) is 10.8. The number of thiophene rings is 1. The lowest BCUT2D eigenvalue weighted by atomic mass is 10.1. The van der Waals surface area contributed by atoms with E-state index in [1.165, 1.54) is 16.2 Å². The van der Waals surface area contributed by atoms with E-state index in [2.05, 4.69) is 5.32 Å². The highest BCUT2D eigenvalue weighted by atomic mass is 35.5. The van der Waals surface area contributed by atoms with Crippen LogP contribution >= 0.6 is 22.9 Å². The first-order valence-corrected chi connectivity index (χ1v) is 6.65. The molecule has 2 unspecified atom stereocenters. The molecule has 0 radical (unpaired) electrons.